The molecular weight excluding hydrogens is 317 g/mol. The van der Waals surface area contributed by atoms with E-state index >= 15 is 0 Å². The van der Waals surface area contributed by atoms with E-state index in [1.165, 1.54) is 18.2 Å². The molecule has 6 heteroatoms. The van der Waals surface area contributed by atoms with Crippen LogP contribution in [0.25, 0.3) is 0 Å². The molecule has 0 radical (unpaired) electrons. The Balaban J connectivity index is 3.04. The van der Waals surface area contributed by atoms with E-state index in [4.69, 9.17) is 5.11 Å². The fourth-order valence-corrected chi connectivity index (χ4v) is 2.03. The minimum atomic E-state index is -1.12. The van der Waals surface area contributed by atoms with Crippen LogP contribution in [0.5, 0.6) is 0 Å². The van der Waals surface area contributed by atoms with Gasteiger partial charge in [-0.15, -0.1) is 0 Å². The number of hydrogen-bond acceptors (Lipinski definition) is 2. The second-order valence-electron chi connectivity index (χ2n) is 4.57. The maximum atomic E-state index is 13.8. The highest BCUT2D eigenvalue weighted by atomic mass is 79.9. The van der Waals surface area contributed by atoms with Crippen LogP contribution in [0, 0.1) is 11.7 Å². The molecule has 0 fully saturated rings. The first kappa shape index (κ1) is 15.6. The topological polar surface area (TPSA) is 57.6 Å². The molecule has 104 valence electrons. The average Bonchev–Trinajstić information content (AvgIpc) is 2.30. The third-order valence-electron chi connectivity index (χ3n) is 2.38. The molecule has 0 heterocycles. The number of carbonyl (C=O) groups excluding carboxylic acids is 1. The monoisotopic (exact) mass is 331 g/mol. The van der Waals surface area contributed by atoms with Gasteiger partial charge in [0.25, 0.3) is 5.91 Å². The molecule has 0 aliphatic carbocycles. The van der Waals surface area contributed by atoms with Gasteiger partial charge in [0.05, 0.1) is 10.0 Å². The van der Waals surface area contributed by atoms with Gasteiger partial charge in [-0.05, 0) is 34.0 Å². The predicted molar refractivity (Wildman–Crippen MR) is 72.5 cm³/mol. The van der Waals surface area contributed by atoms with E-state index in [2.05, 4.69) is 15.9 Å². The summed E-state index contributed by atoms with van der Waals surface area (Å²) in [6, 6.07) is 4.36. The van der Waals surface area contributed by atoms with Crippen molar-refractivity contribution in [2.75, 3.05) is 13.1 Å². The molecule has 0 saturated carbocycles. The van der Waals surface area contributed by atoms with Gasteiger partial charge in [0.1, 0.15) is 12.4 Å². The van der Waals surface area contributed by atoms with Crippen LogP contribution in [0.15, 0.2) is 22.7 Å². The van der Waals surface area contributed by atoms with Gasteiger partial charge < -0.3 is 10.0 Å². The van der Waals surface area contributed by atoms with Crippen molar-refractivity contribution in [3.05, 3.63) is 34.1 Å². The number of hydrogen-bond donors (Lipinski definition) is 1. The van der Waals surface area contributed by atoms with Crippen molar-refractivity contribution in [3.63, 3.8) is 0 Å². The maximum absolute atomic E-state index is 13.8. The van der Waals surface area contributed by atoms with Crippen LogP contribution in [0.4, 0.5) is 4.39 Å². The van der Waals surface area contributed by atoms with Crippen LogP contribution in [0.2, 0.25) is 0 Å². The highest BCUT2D eigenvalue weighted by molar-refractivity contribution is 9.10. The predicted octanol–water partition coefficient (Wildman–Crippen LogP) is 2.77. The molecule has 0 saturated heterocycles. The quantitative estimate of drug-likeness (QED) is 0.902. The van der Waals surface area contributed by atoms with E-state index in [0.717, 1.165) is 4.90 Å². The number of carbonyl (C=O) groups is 2. The molecule has 0 aliphatic heterocycles. The lowest BCUT2D eigenvalue weighted by atomic mass is 10.1. The van der Waals surface area contributed by atoms with Gasteiger partial charge in [0.15, 0.2) is 0 Å². The van der Waals surface area contributed by atoms with Gasteiger partial charge in [-0.25, -0.2) is 4.39 Å². The lowest BCUT2D eigenvalue weighted by molar-refractivity contribution is -0.137. The fraction of sp³-hybridized carbons (Fsp3) is 0.385. The van der Waals surface area contributed by atoms with Crippen molar-refractivity contribution in [2.45, 2.75) is 13.8 Å². The molecule has 1 rings (SSSR count). The van der Waals surface area contributed by atoms with Crippen molar-refractivity contribution in [1.82, 2.24) is 4.90 Å². The Bertz CT molecular complexity index is 491. The van der Waals surface area contributed by atoms with E-state index < -0.39 is 24.2 Å². The van der Waals surface area contributed by atoms with Gasteiger partial charge >= 0.3 is 5.97 Å². The van der Waals surface area contributed by atoms with Crippen LogP contribution in [0.1, 0.15) is 24.2 Å². The van der Waals surface area contributed by atoms with E-state index in [0.29, 0.717) is 0 Å². The molecule has 0 spiro atoms. The third kappa shape index (κ3) is 4.31. The lowest BCUT2D eigenvalue weighted by Crippen LogP contribution is -2.38. The van der Waals surface area contributed by atoms with Crippen molar-refractivity contribution in [3.8, 4) is 0 Å². The molecular formula is C13H15BrFNO3. The minimum absolute atomic E-state index is 0.0958. The van der Waals surface area contributed by atoms with Gasteiger partial charge in [0.2, 0.25) is 0 Å². The summed E-state index contributed by atoms with van der Waals surface area (Å²) in [5.41, 5.74) is -0.128. The minimum Gasteiger partial charge on any atom is -0.480 e. The highest BCUT2D eigenvalue weighted by Crippen LogP contribution is 2.20. The third-order valence-corrected chi connectivity index (χ3v) is 2.99. The summed E-state index contributed by atoms with van der Waals surface area (Å²) < 4.78 is 14.0. The second-order valence-corrected chi connectivity index (χ2v) is 5.43. The van der Waals surface area contributed by atoms with Crippen LogP contribution >= 0.6 is 15.9 Å². The van der Waals surface area contributed by atoms with E-state index in [1.54, 1.807) is 0 Å². The summed E-state index contributed by atoms with van der Waals surface area (Å²) in [6.45, 7) is 3.54. The summed E-state index contributed by atoms with van der Waals surface area (Å²) in [7, 11) is 0. The number of carboxylic acids is 1. The number of amides is 1. The smallest absolute Gasteiger partial charge is 0.323 e. The Morgan fingerprint density at radius 3 is 2.58 bits per heavy atom. The Hall–Kier alpha value is -1.43. The highest BCUT2D eigenvalue weighted by Gasteiger charge is 2.22. The van der Waals surface area contributed by atoms with Gasteiger partial charge in [-0.1, -0.05) is 19.9 Å². The molecule has 0 bridgehead atoms. The fourth-order valence-electron chi connectivity index (χ4n) is 1.66. The number of aliphatic carboxylic acids is 1. The number of halogens is 2. The Morgan fingerprint density at radius 1 is 1.42 bits per heavy atom. The van der Waals surface area contributed by atoms with Crippen LogP contribution in [-0.2, 0) is 4.79 Å². The van der Waals surface area contributed by atoms with E-state index in [1.807, 2.05) is 13.8 Å². The first-order chi connectivity index (χ1) is 8.82. The molecule has 19 heavy (non-hydrogen) atoms. The molecule has 0 aromatic heterocycles. The molecule has 4 nitrogen and oxygen atoms in total. The average molecular weight is 332 g/mol. The van der Waals surface area contributed by atoms with Crippen LogP contribution < -0.4 is 0 Å². The summed E-state index contributed by atoms with van der Waals surface area (Å²) in [5, 5.41) is 8.82. The summed E-state index contributed by atoms with van der Waals surface area (Å²) in [4.78, 5) is 24.1. The molecule has 0 aliphatic rings. The largest absolute Gasteiger partial charge is 0.480 e. The lowest BCUT2D eigenvalue weighted by Gasteiger charge is -2.23. The molecule has 1 aromatic carbocycles. The van der Waals surface area contributed by atoms with Crippen LogP contribution in [-0.4, -0.2) is 35.0 Å². The SMILES string of the molecule is CC(C)CN(CC(=O)O)C(=O)c1cccc(Br)c1F. The van der Waals surface area contributed by atoms with E-state index in [-0.39, 0.29) is 22.5 Å². The van der Waals surface area contributed by atoms with Crippen molar-refractivity contribution in [1.29, 1.82) is 0 Å². The number of rotatable bonds is 5. The zero-order valence-electron chi connectivity index (χ0n) is 10.7. The first-order valence-corrected chi connectivity index (χ1v) is 6.57. The second kappa shape index (κ2) is 6.65. The van der Waals surface area contributed by atoms with Crippen molar-refractivity contribution < 1.29 is 19.1 Å². The number of carboxylic acid groups (broad SMARTS) is 1. The van der Waals surface area contributed by atoms with Crippen molar-refractivity contribution >= 4 is 27.8 Å². The Morgan fingerprint density at radius 2 is 2.05 bits per heavy atom. The first-order valence-electron chi connectivity index (χ1n) is 5.78. The molecule has 1 amide bonds. The van der Waals surface area contributed by atoms with Crippen molar-refractivity contribution in [2.24, 2.45) is 5.92 Å². The summed E-state index contributed by atoms with van der Waals surface area (Å²) in [6.07, 6.45) is 0. The molecule has 0 atom stereocenters. The van der Waals surface area contributed by atoms with Gasteiger partial charge in [-0.3, -0.25) is 9.59 Å². The zero-order chi connectivity index (χ0) is 14.6. The molecule has 1 aromatic rings. The van der Waals surface area contributed by atoms with Gasteiger partial charge in [0, 0.05) is 6.54 Å². The van der Waals surface area contributed by atoms with E-state index in [9.17, 15) is 14.0 Å². The summed E-state index contributed by atoms with van der Waals surface area (Å²) >= 11 is 3.00. The zero-order valence-corrected chi connectivity index (χ0v) is 12.3. The maximum Gasteiger partial charge on any atom is 0.323 e. The standard InChI is InChI=1S/C13H15BrFNO3/c1-8(2)6-16(7-11(17)18)13(19)9-4-3-5-10(14)12(9)15/h3-5,8H,6-7H2,1-2H3,(H,17,18). The Kier molecular flexibility index (Phi) is 5.47. The number of benzene rings is 1. The molecule has 0 unspecified atom stereocenters. The van der Waals surface area contributed by atoms with Gasteiger partial charge in [-0.2, -0.15) is 0 Å². The number of nitrogens with zero attached hydrogens (tertiary/aromatic N) is 1. The summed E-state index contributed by atoms with van der Waals surface area (Å²) in [5.74, 6) is -2.32. The van der Waals surface area contributed by atoms with Crippen LogP contribution in [0.3, 0.4) is 0 Å². The Labute approximate surface area is 119 Å². The normalized spacial score (nSPS) is 10.6. The molecule has 1 N–H and O–H groups in total.